The number of hydrogen-bond acceptors (Lipinski definition) is 4. The van der Waals surface area contributed by atoms with Crippen LogP contribution in [0.4, 0.5) is 5.69 Å². The maximum atomic E-state index is 12.2. The van der Waals surface area contributed by atoms with Crippen LogP contribution in [0, 0.1) is 6.92 Å². The summed E-state index contributed by atoms with van der Waals surface area (Å²) in [6.07, 6.45) is 0. The molecule has 0 saturated carbocycles. The summed E-state index contributed by atoms with van der Waals surface area (Å²) < 4.78 is 10.9. The molecule has 0 fully saturated rings. The number of benzene rings is 1. The van der Waals surface area contributed by atoms with Gasteiger partial charge in [-0.3, -0.25) is 9.59 Å². The number of rotatable bonds is 7. The Morgan fingerprint density at radius 3 is 2.27 bits per heavy atom. The molecule has 0 saturated heterocycles. The predicted molar refractivity (Wildman–Crippen MR) is 87.8 cm³/mol. The van der Waals surface area contributed by atoms with Gasteiger partial charge in [-0.2, -0.15) is 0 Å². The third-order valence-electron chi connectivity index (χ3n) is 3.03. The fourth-order valence-corrected chi connectivity index (χ4v) is 2.02. The third-order valence-corrected chi connectivity index (χ3v) is 3.92. The van der Waals surface area contributed by atoms with Gasteiger partial charge in [0.15, 0.2) is 0 Å². The minimum atomic E-state index is -0.672. The second kappa shape index (κ2) is 9.55. The van der Waals surface area contributed by atoms with Gasteiger partial charge in [0, 0.05) is 37.5 Å². The van der Waals surface area contributed by atoms with Gasteiger partial charge in [0.25, 0.3) is 0 Å². The van der Waals surface area contributed by atoms with Crippen LogP contribution in [0.3, 0.4) is 0 Å². The summed E-state index contributed by atoms with van der Waals surface area (Å²) in [5, 5.41) is 2.61. The zero-order chi connectivity index (χ0) is 16.5. The Bertz CT molecular complexity index is 514. The highest BCUT2D eigenvalue weighted by atomic mass is 79.9. The Morgan fingerprint density at radius 1 is 1.18 bits per heavy atom. The maximum absolute atomic E-state index is 12.2. The van der Waals surface area contributed by atoms with E-state index < -0.39 is 11.8 Å². The summed E-state index contributed by atoms with van der Waals surface area (Å²) in [6.45, 7) is 3.31. The summed E-state index contributed by atoms with van der Waals surface area (Å²) in [7, 11) is 3.09. The van der Waals surface area contributed by atoms with E-state index in [0.717, 1.165) is 10.0 Å². The monoisotopic (exact) mass is 372 g/mol. The summed E-state index contributed by atoms with van der Waals surface area (Å²) in [5.41, 5.74) is 1.55. The Labute approximate surface area is 138 Å². The van der Waals surface area contributed by atoms with Crippen molar-refractivity contribution in [3.8, 4) is 0 Å². The van der Waals surface area contributed by atoms with E-state index in [-0.39, 0.29) is 0 Å². The SMILES string of the molecule is COCCN(CCOC)C(=O)C(=O)Nc1ccc(Br)c(C)c1. The predicted octanol–water partition coefficient (Wildman–Crippen LogP) is 1.82. The van der Waals surface area contributed by atoms with Crippen molar-refractivity contribution >= 4 is 33.4 Å². The van der Waals surface area contributed by atoms with Crippen molar-refractivity contribution in [3.63, 3.8) is 0 Å². The first-order chi connectivity index (χ1) is 10.5. The molecule has 1 aromatic carbocycles. The number of methoxy groups -OCH3 is 2. The molecular formula is C15H21BrN2O4. The molecular weight excluding hydrogens is 352 g/mol. The standard InChI is InChI=1S/C15H21BrN2O4/c1-11-10-12(4-5-13(11)16)17-14(19)15(20)18(6-8-21-2)7-9-22-3/h4-5,10H,6-9H2,1-3H3,(H,17,19). The van der Waals surface area contributed by atoms with Gasteiger partial charge in [-0.25, -0.2) is 0 Å². The molecule has 0 radical (unpaired) electrons. The van der Waals surface area contributed by atoms with E-state index in [0.29, 0.717) is 32.0 Å². The van der Waals surface area contributed by atoms with Crippen LogP contribution in [-0.4, -0.2) is 57.2 Å². The minimum absolute atomic E-state index is 0.339. The first kappa shape index (κ1) is 18.6. The molecule has 0 atom stereocenters. The Hall–Kier alpha value is -1.44. The first-order valence-electron chi connectivity index (χ1n) is 6.84. The topological polar surface area (TPSA) is 67.9 Å². The van der Waals surface area contributed by atoms with Crippen molar-refractivity contribution in [1.29, 1.82) is 0 Å². The van der Waals surface area contributed by atoms with Gasteiger partial charge in [0.1, 0.15) is 0 Å². The van der Waals surface area contributed by atoms with Crippen molar-refractivity contribution < 1.29 is 19.1 Å². The number of aryl methyl sites for hydroxylation is 1. The van der Waals surface area contributed by atoms with Crippen LogP contribution in [0.5, 0.6) is 0 Å². The number of halogens is 1. The normalized spacial score (nSPS) is 10.4. The van der Waals surface area contributed by atoms with Crippen LogP contribution in [-0.2, 0) is 19.1 Å². The van der Waals surface area contributed by atoms with Crippen molar-refractivity contribution in [2.45, 2.75) is 6.92 Å². The lowest BCUT2D eigenvalue weighted by Gasteiger charge is -2.21. The Kier molecular flexibility index (Phi) is 8.08. The van der Waals surface area contributed by atoms with E-state index >= 15 is 0 Å². The molecule has 0 aromatic heterocycles. The van der Waals surface area contributed by atoms with Gasteiger partial charge in [0.05, 0.1) is 13.2 Å². The van der Waals surface area contributed by atoms with Crippen LogP contribution in [0.2, 0.25) is 0 Å². The van der Waals surface area contributed by atoms with Crippen molar-refractivity contribution in [1.82, 2.24) is 4.90 Å². The molecule has 0 aliphatic rings. The number of amides is 2. The summed E-state index contributed by atoms with van der Waals surface area (Å²) in [6, 6.07) is 5.35. The van der Waals surface area contributed by atoms with E-state index in [2.05, 4.69) is 21.2 Å². The number of carbonyl (C=O) groups excluding carboxylic acids is 2. The lowest BCUT2D eigenvalue weighted by molar-refractivity contribution is -0.144. The zero-order valence-corrected chi connectivity index (χ0v) is 14.6. The molecule has 0 aliphatic carbocycles. The van der Waals surface area contributed by atoms with Gasteiger partial charge in [-0.1, -0.05) is 15.9 Å². The van der Waals surface area contributed by atoms with Crippen LogP contribution in [0.15, 0.2) is 22.7 Å². The average Bonchev–Trinajstić information content (AvgIpc) is 2.50. The molecule has 22 heavy (non-hydrogen) atoms. The number of anilines is 1. The van der Waals surface area contributed by atoms with Crippen LogP contribution in [0.1, 0.15) is 5.56 Å². The molecule has 6 nitrogen and oxygen atoms in total. The Balaban J connectivity index is 2.70. The maximum Gasteiger partial charge on any atom is 0.313 e. The smallest absolute Gasteiger partial charge is 0.313 e. The van der Waals surface area contributed by atoms with E-state index in [1.807, 2.05) is 13.0 Å². The van der Waals surface area contributed by atoms with Gasteiger partial charge in [-0.15, -0.1) is 0 Å². The highest BCUT2D eigenvalue weighted by Gasteiger charge is 2.21. The Morgan fingerprint density at radius 2 is 1.77 bits per heavy atom. The molecule has 2 amide bonds. The molecule has 1 rings (SSSR count). The molecule has 0 unspecified atom stereocenters. The van der Waals surface area contributed by atoms with E-state index in [1.54, 1.807) is 26.4 Å². The number of nitrogens with zero attached hydrogens (tertiary/aromatic N) is 1. The second-order valence-corrected chi connectivity index (χ2v) is 5.55. The van der Waals surface area contributed by atoms with E-state index in [1.165, 1.54) is 4.90 Å². The van der Waals surface area contributed by atoms with Crippen molar-refractivity contribution in [3.05, 3.63) is 28.2 Å². The highest BCUT2D eigenvalue weighted by molar-refractivity contribution is 9.10. The van der Waals surface area contributed by atoms with Crippen LogP contribution >= 0.6 is 15.9 Å². The molecule has 122 valence electrons. The van der Waals surface area contributed by atoms with Gasteiger partial charge in [0.2, 0.25) is 0 Å². The molecule has 0 heterocycles. The average molecular weight is 373 g/mol. The first-order valence-corrected chi connectivity index (χ1v) is 7.63. The van der Waals surface area contributed by atoms with Crippen LogP contribution < -0.4 is 5.32 Å². The minimum Gasteiger partial charge on any atom is -0.383 e. The van der Waals surface area contributed by atoms with Crippen molar-refractivity contribution in [2.24, 2.45) is 0 Å². The fraction of sp³-hybridized carbons (Fsp3) is 0.467. The second-order valence-electron chi connectivity index (χ2n) is 4.70. The number of nitrogens with one attached hydrogen (secondary N) is 1. The molecule has 0 bridgehead atoms. The molecule has 0 aliphatic heterocycles. The summed E-state index contributed by atoms with van der Waals surface area (Å²) in [4.78, 5) is 25.7. The number of hydrogen-bond donors (Lipinski definition) is 1. The van der Waals surface area contributed by atoms with Crippen molar-refractivity contribution in [2.75, 3.05) is 45.8 Å². The van der Waals surface area contributed by atoms with Gasteiger partial charge < -0.3 is 19.7 Å². The van der Waals surface area contributed by atoms with Gasteiger partial charge in [-0.05, 0) is 30.7 Å². The molecule has 0 spiro atoms. The zero-order valence-electron chi connectivity index (χ0n) is 13.0. The highest BCUT2D eigenvalue weighted by Crippen LogP contribution is 2.20. The summed E-state index contributed by atoms with van der Waals surface area (Å²) >= 11 is 3.39. The fourth-order valence-electron chi connectivity index (χ4n) is 1.77. The number of ether oxygens (including phenoxy) is 2. The van der Waals surface area contributed by atoms with E-state index in [9.17, 15) is 9.59 Å². The van der Waals surface area contributed by atoms with Gasteiger partial charge >= 0.3 is 11.8 Å². The summed E-state index contributed by atoms with van der Waals surface area (Å²) in [5.74, 6) is -1.27. The molecule has 1 aromatic rings. The van der Waals surface area contributed by atoms with Crippen LogP contribution in [0.25, 0.3) is 0 Å². The quantitative estimate of drug-likeness (QED) is 0.741. The molecule has 1 N–H and O–H groups in total. The number of carbonyl (C=O) groups is 2. The lowest BCUT2D eigenvalue weighted by atomic mass is 10.2. The van der Waals surface area contributed by atoms with E-state index in [4.69, 9.17) is 9.47 Å². The third kappa shape index (κ3) is 5.75. The molecule has 7 heteroatoms. The largest absolute Gasteiger partial charge is 0.383 e. The lowest BCUT2D eigenvalue weighted by Crippen LogP contribution is -2.43.